The summed E-state index contributed by atoms with van der Waals surface area (Å²) in [6, 6.07) is 7.62. The van der Waals surface area contributed by atoms with E-state index in [1.807, 2.05) is 24.3 Å². The van der Waals surface area contributed by atoms with Gasteiger partial charge in [-0.05, 0) is 34.7 Å². The maximum atomic E-state index is 10.9. The minimum atomic E-state index is -0.0811. The number of halogens is 1. The molecule has 0 saturated carbocycles. The molecule has 0 atom stereocenters. The zero-order valence-corrected chi connectivity index (χ0v) is 9.30. The number of amides is 1. The van der Waals surface area contributed by atoms with E-state index in [-0.39, 0.29) is 11.7 Å². The SMILES string of the molecule is O=C(CS)Nc1ccccc1I. The molecule has 0 spiro atoms. The van der Waals surface area contributed by atoms with Crippen molar-refractivity contribution in [2.75, 3.05) is 11.1 Å². The van der Waals surface area contributed by atoms with Gasteiger partial charge in [-0.1, -0.05) is 12.1 Å². The van der Waals surface area contributed by atoms with Gasteiger partial charge in [-0.15, -0.1) is 0 Å². The molecule has 1 N–H and O–H groups in total. The molecule has 4 heteroatoms. The molecule has 1 aromatic carbocycles. The lowest BCUT2D eigenvalue weighted by molar-refractivity contribution is -0.113. The molecular formula is C8H8INOS. The highest BCUT2D eigenvalue weighted by atomic mass is 127. The molecule has 12 heavy (non-hydrogen) atoms. The Labute approximate surface area is 90.3 Å². The molecule has 0 heterocycles. The molecule has 0 aliphatic rings. The van der Waals surface area contributed by atoms with E-state index in [2.05, 4.69) is 40.5 Å². The fraction of sp³-hybridized carbons (Fsp3) is 0.125. The van der Waals surface area contributed by atoms with E-state index in [9.17, 15) is 4.79 Å². The van der Waals surface area contributed by atoms with Gasteiger partial charge in [0.2, 0.25) is 5.91 Å². The Morgan fingerprint density at radius 3 is 2.75 bits per heavy atom. The van der Waals surface area contributed by atoms with E-state index in [1.54, 1.807) is 0 Å². The van der Waals surface area contributed by atoms with E-state index in [0.717, 1.165) is 9.26 Å². The van der Waals surface area contributed by atoms with Crippen molar-refractivity contribution < 1.29 is 4.79 Å². The Balaban J connectivity index is 2.75. The van der Waals surface area contributed by atoms with Crippen LogP contribution in [0.25, 0.3) is 0 Å². The summed E-state index contributed by atoms with van der Waals surface area (Å²) in [5, 5.41) is 2.74. The first-order valence-corrected chi connectivity index (χ1v) is 5.10. The molecule has 1 aromatic rings. The van der Waals surface area contributed by atoms with Crippen LogP contribution >= 0.6 is 35.2 Å². The van der Waals surface area contributed by atoms with E-state index in [4.69, 9.17) is 0 Å². The number of benzene rings is 1. The summed E-state index contributed by atoms with van der Waals surface area (Å²) in [5.41, 5.74) is 0.845. The first-order valence-electron chi connectivity index (χ1n) is 3.39. The number of hydrogen-bond donors (Lipinski definition) is 2. The van der Waals surface area contributed by atoms with Gasteiger partial charge < -0.3 is 5.32 Å². The molecule has 2 nitrogen and oxygen atoms in total. The van der Waals surface area contributed by atoms with Crippen LogP contribution in [0.1, 0.15) is 0 Å². The molecule has 0 aliphatic carbocycles. The summed E-state index contributed by atoms with van der Waals surface area (Å²) in [4.78, 5) is 10.9. The molecule has 0 unspecified atom stereocenters. The van der Waals surface area contributed by atoms with Gasteiger partial charge in [0.25, 0.3) is 0 Å². The number of carbonyl (C=O) groups is 1. The smallest absolute Gasteiger partial charge is 0.234 e. The zero-order chi connectivity index (χ0) is 8.97. The molecule has 0 saturated heterocycles. The van der Waals surface area contributed by atoms with Crippen molar-refractivity contribution in [1.82, 2.24) is 0 Å². The van der Waals surface area contributed by atoms with Gasteiger partial charge in [0, 0.05) is 3.57 Å². The maximum Gasteiger partial charge on any atom is 0.234 e. The van der Waals surface area contributed by atoms with Crippen molar-refractivity contribution in [3.05, 3.63) is 27.8 Å². The normalized spacial score (nSPS) is 9.50. The molecule has 64 valence electrons. The molecule has 0 aromatic heterocycles. The van der Waals surface area contributed by atoms with Crippen molar-refractivity contribution in [3.8, 4) is 0 Å². The van der Waals surface area contributed by atoms with Crippen LogP contribution in [-0.4, -0.2) is 11.7 Å². The maximum absolute atomic E-state index is 10.9. The van der Waals surface area contributed by atoms with Crippen LogP contribution in [0.2, 0.25) is 0 Å². The van der Waals surface area contributed by atoms with Crippen molar-refractivity contribution in [3.63, 3.8) is 0 Å². The monoisotopic (exact) mass is 293 g/mol. The highest BCUT2D eigenvalue weighted by Crippen LogP contribution is 2.16. The van der Waals surface area contributed by atoms with Crippen LogP contribution in [0.15, 0.2) is 24.3 Å². The minimum Gasteiger partial charge on any atom is -0.324 e. The van der Waals surface area contributed by atoms with Gasteiger partial charge in [-0.2, -0.15) is 12.6 Å². The lowest BCUT2D eigenvalue weighted by atomic mass is 10.3. The summed E-state index contributed by atoms with van der Waals surface area (Å²) in [6.45, 7) is 0. The minimum absolute atomic E-state index is 0.0811. The molecule has 1 amide bonds. The molecule has 0 radical (unpaired) electrons. The molecule has 0 fully saturated rings. The Morgan fingerprint density at radius 2 is 2.17 bits per heavy atom. The molecule has 0 bridgehead atoms. The van der Waals surface area contributed by atoms with Crippen molar-refractivity contribution in [2.45, 2.75) is 0 Å². The van der Waals surface area contributed by atoms with Crippen LogP contribution in [-0.2, 0) is 4.79 Å². The second-order valence-corrected chi connectivity index (χ2v) is 3.66. The number of anilines is 1. The summed E-state index contributed by atoms with van der Waals surface area (Å²) < 4.78 is 1.03. The third kappa shape index (κ3) is 2.67. The predicted molar refractivity (Wildman–Crippen MR) is 61.6 cm³/mol. The van der Waals surface area contributed by atoms with Gasteiger partial charge >= 0.3 is 0 Å². The van der Waals surface area contributed by atoms with E-state index < -0.39 is 0 Å². The standard InChI is InChI=1S/C8H8INOS/c9-6-3-1-2-4-7(6)10-8(11)5-12/h1-4,12H,5H2,(H,10,11). The number of nitrogens with one attached hydrogen (secondary N) is 1. The second kappa shape index (κ2) is 4.71. The van der Waals surface area contributed by atoms with Gasteiger partial charge in [0.15, 0.2) is 0 Å². The Kier molecular flexibility index (Phi) is 3.87. The number of rotatable bonds is 2. The predicted octanol–water partition coefficient (Wildman–Crippen LogP) is 2.16. The molecule has 0 aliphatic heterocycles. The first kappa shape index (κ1) is 9.85. The first-order chi connectivity index (χ1) is 5.74. The average Bonchev–Trinajstić information content (AvgIpc) is 2.09. The van der Waals surface area contributed by atoms with E-state index >= 15 is 0 Å². The summed E-state index contributed by atoms with van der Waals surface area (Å²) in [5.74, 6) is 0.132. The Bertz CT molecular complexity index is 290. The Hall–Kier alpha value is -0.230. The molecular weight excluding hydrogens is 285 g/mol. The lowest BCUT2D eigenvalue weighted by Crippen LogP contribution is -2.13. The van der Waals surface area contributed by atoms with Crippen molar-refractivity contribution in [2.24, 2.45) is 0 Å². The van der Waals surface area contributed by atoms with Crippen LogP contribution in [0, 0.1) is 3.57 Å². The van der Waals surface area contributed by atoms with Gasteiger partial charge in [-0.3, -0.25) is 4.79 Å². The van der Waals surface area contributed by atoms with Gasteiger partial charge in [0.05, 0.1) is 11.4 Å². The third-order valence-electron chi connectivity index (χ3n) is 1.29. The van der Waals surface area contributed by atoms with Crippen LogP contribution in [0.5, 0.6) is 0 Å². The van der Waals surface area contributed by atoms with Crippen molar-refractivity contribution in [1.29, 1.82) is 0 Å². The average molecular weight is 293 g/mol. The highest BCUT2D eigenvalue weighted by molar-refractivity contribution is 14.1. The topological polar surface area (TPSA) is 29.1 Å². The van der Waals surface area contributed by atoms with E-state index in [1.165, 1.54) is 0 Å². The van der Waals surface area contributed by atoms with Crippen LogP contribution < -0.4 is 5.32 Å². The number of para-hydroxylation sites is 1. The van der Waals surface area contributed by atoms with E-state index in [0.29, 0.717) is 0 Å². The van der Waals surface area contributed by atoms with Crippen molar-refractivity contribution >= 4 is 46.8 Å². The van der Waals surface area contributed by atoms with Crippen LogP contribution in [0.3, 0.4) is 0 Å². The van der Waals surface area contributed by atoms with Gasteiger partial charge in [-0.25, -0.2) is 0 Å². The van der Waals surface area contributed by atoms with Crippen LogP contribution in [0.4, 0.5) is 5.69 Å². The number of hydrogen-bond acceptors (Lipinski definition) is 2. The Morgan fingerprint density at radius 1 is 1.50 bits per heavy atom. The summed E-state index contributed by atoms with van der Waals surface area (Å²) in [6.07, 6.45) is 0. The summed E-state index contributed by atoms with van der Waals surface area (Å²) >= 11 is 6.04. The van der Waals surface area contributed by atoms with Gasteiger partial charge in [0.1, 0.15) is 0 Å². The largest absolute Gasteiger partial charge is 0.324 e. The zero-order valence-electron chi connectivity index (χ0n) is 6.25. The lowest BCUT2D eigenvalue weighted by Gasteiger charge is -2.04. The second-order valence-electron chi connectivity index (χ2n) is 2.19. The third-order valence-corrected chi connectivity index (χ3v) is 2.52. The fourth-order valence-corrected chi connectivity index (χ4v) is 1.35. The quantitative estimate of drug-likeness (QED) is 0.635. The highest BCUT2D eigenvalue weighted by Gasteiger charge is 2.01. The number of thiol groups is 1. The fourth-order valence-electron chi connectivity index (χ4n) is 0.752. The summed E-state index contributed by atoms with van der Waals surface area (Å²) in [7, 11) is 0. The molecule has 1 rings (SSSR count). The number of carbonyl (C=O) groups excluding carboxylic acids is 1.